The van der Waals surface area contributed by atoms with Crippen molar-refractivity contribution in [2.45, 2.75) is 13.5 Å². The third-order valence-corrected chi connectivity index (χ3v) is 2.70. The lowest BCUT2D eigenvalue weighted by molar-refractivity contribution is 0.0782. The molecule has 0 aliphatic rings. The molecule has 19 heavy (non-hydrogen) atoms. The maximum atomic E-state index is 12.2. The van der Waals surface area contributed by atoms with Crippen molar-refractivity contribution in [1.82, 2.24) is 14.9 Å². The molecule has 2 rings (SSSR count). The Bertz CT molecular complexity index is 520. The Hall–Kier alpha value is -2.30. The average Bonchev–Trinajstić information content (AvgIpc) is 2.92. The highest BCUT2D eigenvalue weighted by atomic mass is 16.5. The fraction of sp³-hybridized carbons (Fsp3) is 0.286. The summed E-state index contributed by atoms with van der Waals surface area (Å²) in [6, 6.07) is 7.15. The number of nitrogens with zero attached hydrogens (tertiary/aromatic N) is 2. The lowest BCUT2D eigenvalue weighted by Gasteiger charge is -2.16. The van der Waals surface area contributed by atoms with Gasteiger partial charge >= 0.3 is 0 Å². The van der Waals surface area contributed by atoms with Crippen molar-refractivity contribution in [2.24, 2.45) is 0 Å². The van der Waals surface area contributed by atoms with Crippen LogP contribution in [0.3, 0.4) is 0 Å². The van der Waals surface area contributed by atoms with E-state index in [1.807, 2.05) is 6.92 Å². The molecule has 0 aliphatic carbocycles. The first-order valence-electron chi connectivity index (χ1n) is 6.17. The number of carbonyl (C=O) groups excluding carboxylic acids is 1. The van der Waals surface area contributed by atoms with Gasteiger partial charge in [0, 0.05) is 25.0 Å². The van der Waals surface area contributed by atoms with Gasteiger partial charge in [0.2, 0.25) is 0 Å². The van der Waals surface area contributed by atoms with E-state index < -0.39 is 0 Å². The normalized spacial score (nSPS) is 10.2. The highest BCUT2D eigenvalue weighted by molar-refractivity contribution is 5.94. The standard InChI is InChI=1S/C14H17N3O2/c1-3-19-12-6-4-11(5-7-12)14(18)17(2)10-13-15-8-9-16-13/h4-9H,3,10H2,1-2H3,(H,15,16). The Morgan fingerprint density at radius 1 is 1.37 bits per heavy atom. The van der Waals surface area contributed by atoms with Gasteiger partial charge in [-0.05, 0) is 31.2 Å². The monoisotopic (exact) mass is 259 g/mol. The van der Waals surface area contributed by atoms with Gasteiger partial charge in [-0.1, -0.05) is 0 Å². The number of nitrogens with one attached hydrogen (secondary N) is 1. The first-order valence-corrected chi connectivity index (χ1v) is 6.17. The summed E-state index contributed by atoms with van der Waals surface area (Å²) in [5, 5.41) is 0. The summed E-state index contributed by atoms with van der Waals surface area (Å²) in [4.78, 5) is 20.9. The zero-order chi connectivity index (χ0) is 13.7. The quantitative estimate of drug-likeness (QED) is 0.894. The molecule has 2 aromatic rings. The van der Waals surface area contributed by atoms with Crippen LogP contribution in [0.2, 0.25) is 0 Å². The molecule has 0 radical (unpaired) electrons. The van der Waals surface area contributed by atoms with E-state index in [1.54, 1.807) is 48.6 Å². The van der Waals surface area contributed by atoms with Crippen molar-refractivity contribution in [3.8, 4) is 5.75 Å². The molecule has 5 nitrogen and oxygen atoms in total. The zero-order valence-electron chi connectivity index (χ0n) is 11.1. The maximum Gasteiger partial charge on any atom is 0.254 e. The lowest BCUT2D eigenvalue weighted by Crippen LogP contribution is -2.26. The Kier molecular flexibility index (Phi) is 4.18. The molecule has 0 spiro atoms. The minimum atomic E-state index is -0.0422. The fourth-order valence-electron chi connectivity index (χ4n) is 1.76. The van der Waals surface area contributed by atoms with Crippen LogP contribution in [0.1, 0.15) is 23.1 Å². The third kappa shape index (κ3) is 3.34. The fourth-order valence-corrected chi connectivity index (χ4v) is 1.76. The molecule has 0 fully saturated rings. The second-order valence-electron chi connectivity index (χ2n) is 4.15. The first-order chi connectivity index (χ1) is 9.20. The smallest absolute Gasteiger partial charge is 0.254 e. The molecule has 0 saturated carbocycles. The van der Waals surface area contributed by atoms with Crippen molar-refractivity contribution >= 4 is 5.91 Å². The van der Waals surface area contributed by atoms with Crippen LogP contribution in [0.4, 0.5) is 0 Å². The van der Waals surface area contributed by atoms with Crippen LogP contribution in [0.15, 0.2) is 36.7 Å². The van der Waals surface area contributed by atoms with E-state index in [0.717, 1.165) is 11.6 Å². The van der Waals surface area contributed by atoms with Gasteiger partial charge < -0.3 is 14.6 Å². The SMILES string of the molecule is CCOc1ccc(C(=O)N(C)Cc2ncc[nH]2)cc1. The molecule has 0 bridgehead atoms. The van der Waals surface area contributed by atoms with Gasteiger partial charge in [-0.3, -0.25) is 4.79 Å². The number of carbonyl (C=O) groups is 1. The van der Waals surface area contributed by atoms with E-state index in [0.29, 0.717) is 18.7 Å². The summed E-state index contributed by atoms with van der Waals surface area (Å²) in [6.07, 6.45) is 3.41. The number of imidazole rings is 1. The largest absolute Gasteiger partial charge is 0.494 e. The van der Waals surface area contributed by atoms with E-state index in [2.05, 4.69) is 9.97 Å². The minimum absolute atomic E-state index is 0.0422. The molecule has 0 atom stereocenters. The van der Waals surface area contributed by atoms with Crippen LogP contribution in [-0.2, 0) is 6.54 Å². The molecule has 1 aromatic carbocycles. The zero-order valence-corrected chi connectivity index (χ0v) is 11.1. The van der Waals surface area contributed by atoms with E-state index in [4.69, 9.17) is 4.74 Å². The Labute approximate surface area is 112 Å². The first kappa shape index (κ1) is 13.1. The van der Waals surface area contributed by atoms with Gasteiger partial charge in [-0.15, -0.1) is 0 Å². The van der Waals surface area contributed by atoms with E-state index >= 15 is 0 Å². The molecule has 100 valence electrons. The van der Waals surface area contributed by atoms with E-state index in [1.165, 1.54) is 0 Å². The van der Waals surface area contributed by atoms with Crippen molar-refractivity contribution in [2.75, 3.05) is 13.7 Å². The van der Waals surface area contributed by atoms with Crippen molar-refractivity contribution < 1.29 is 9.53 Å². The Balaban J connectivity index is 2.02. The highest BCUT2D eigenvalue weighted by Gasteiger charge is 2.12. The van der Waals surface area contributed by atoms with E-state index in [9.17, 15) is 4.79 Å². The molecular formula is C14H17N3O2. The number of hydrogen-bond acceptors (Lipinski definition) is 3. The summed E-state index contributed by atoms with van der Waals surface area (Å²) in [5.74, 6) is 1.49. The number of benzene rings is 1. The van der Waals surface area contributed by atoms with Crippen LogP contribution in [0.5, 0.6) is 5.75 Å². The van der Waals surface area contributed by atoms with Gasteiger partial charge in [-0.25, -0.2) is 4.98 Å². The molecule has 0 saturated heterocycles. The molecule has 1 N–H and O–H groups in total. The van der Waals surface area contributed by atoms with Crippen LogP contribution < -0.4 is 4.74 Å². The number of ether oxygens (including phenoxy) is 1. The highest BCUT2D eigenvalue weighted by Crippen LogP contribution is 2.13. The lowest BCUT2D eigenvalue weighted by atomic mass is 10.2. The van der Waals surface area contributed by atoms with Crippen LogP contribution in [-0.4, -0.2) is 34.4 Å². The van der Waals surface area contributed by atoms with Gasteiger partial charge in [0.05, 0.1) is 13.2 Å². The molecule has 1 heterocycles. The van der Waals surface area contributed by atoms with Crippen molar-refractivity contribution in [1.29, 1.82) is 0 Å². The topological polar surface area (TPSA) is 58.2 Å². The maximum absolute atomic E-state index is 12.2. The van der Waals surface area contributed by atoms with Crippen molar-refractivity contribution in [3.63, 3.8) is 0 Å². The molecular weight excluding hydrogens is 242 g/mol. The second kappa shape index (κ2) is 6.04. The molecule has 0 unspecified atom stereocenters. The number of rotatable bonds is 5. The second-order valence-corrected chi connectivity index (χ2v) is 4.15. The summed E-state index contributed by atoms with van der Waals surface area (Å²) in [5.41, 5.74) is 0.637. The Morgan fingerprint density at radius 3 is 2.68 bits per heavy atom. The number of aromatic amines is 1. The predicted octanol–water partition coefficient (Wildman–Crippen LogP) is 2.08. The minimum Gasteiger partial charge on any atom is -0.494 e. The molecule has 1 aromatic heterocycles. The summed E-state index contributed by atoms with van der Waals surface area (Å²) in [6.45, 7) is 3.00. The molecule has 0 aliphatic heterocycles. The van der Waals surface area contributed by atoms with Gasteiger partial charge in [-0.2, -0.15) is 0 Å². The molecule has 1 amide bonds. The van der Waals surface area contributed by atoms with Gasteiger partial charge in [0.1, 0.15) is 11.6 Å². The predicted molar refractivity (Wildman–Crippen MR) is 72.0 cm³/mol. The van der Waals surface area contributed by atoms with E-state index in [-0.39, 0.29) is 5.91 Å². The Morgan fingerprint density at radius 2 is 2.11 bits per heavy atom. The number of H-pyrrole nitrogens is 1. The number of amides is 1. The third-order valence-electron chi connectivity index (χ3n) is 2.70. The van der Waals surface area contributed by atoms with Crippen molar-refractivity contribution in [3.05, 3.63) is 48.0 Å². The molecule has 5 heteroatoms. The summed E-state index contributed by atoms with van der Waals surface area (Å²) >= 11 is 0. The summed E-state index contributed by atoms with van der Waals surface area (Å²) < 4.78 is 5.35. The average molecular weight is 259 g/mol. The van der Waals surface area contributed by atoms with Crippen LogP contribution >= 0.6 is 0 Å². The van der Waals surface area contributed by atoms with Gasteiger partial charge in [0.25, 0.3) is 5.91 Å². The van der Waals surface area contributed by atoms with Gasteiger partial charge in [0.15, 0.2) is 0 Å². The van der Waals surface area contributed by atoms with Crippen LogP contribution in [0.25, 0.3) is 0 Å². The summed E-state index contributed by atoms with van der Waals surface area (Å²) in [7, 11) is 1.75. The van der Waals surface area contributed by atoms with Crippen LogP contribution in [0, 0.1) is 0 Å². The number of hydrogen-bond donors (Lipinski definition) is 1. The number of aromatic nitrogens is 2.